The van der Waals surface area contributed by atoms with E-state index in [1.165, 1.54) is 11.0 Å². The molecular formula is C19H23NO5. The summed E-state index contributed by atoms with van der Waals surface area (Å²) < 4.78 is 10.6. The molecule has 0 saturated heterocycles. The maximum Gasteiger partial charge on any atom is 0.339 e. The highest BCUT2D eigenvalue weighted by Crippen LogP contribution is 2.28. The van der Waals surface area contributed by atoms with Crippen LogP contribution in [-0.2, 0) is 16.8 Å². The average Bonchev–Trinajstić information content (AvgIpc) is 2.94. The molecule has 0 bridgehead atoms. The van der Waals surface area contributed by atoms with E-state index in [1.807, 2.05) is 38.1 Å². The summed E-state index contributed by atoms with van der Waals surface area (Å²) in [5.74, 6) is 0.366. The van der Waals surface area contributed by atoms with E-state index < -0.39 is 11.4 Å². The molecule has 0 unspecified atom stereocenters. The second-order valence-corrected chi connectivity index (χ2v) is 6.50. The van der Waals surface area contributed by atoms with Crippen molar-refractivity contribution in [2.45, 2.75) is 32.7 Å². The van der Waals surface area contributed by atoms with Crippen molar-refractivity contribution >= 4 is 11.9 Å². The first-order chi connectivity index (χ1) is 11.7. The minimum atomic E-state index is -1.04. The lowest BCUT2D eigenvalue weighted by molar-refractivity contribution is -0.135. The zero-order valence-electron chi connectivity index (χ0n) is 15.1. The molecule has 1 aromatic heterocycles. The fourth-order valence-corrected chi connectivity index (χ4v) is 2.75. The van der Waals surface area contributed by atoms with Gasteiger partial charge in [0.05, 0.1) is 19.1 Å². The normalized spacial score (nSPS) is 11.2. The Balaban J connectivity index is 2.17. The maximum absolute atomic E-state index is 12.9. The fraction of sp³-hybridized carbons (Fsp3) is 0.368. The lowest BCUT2D eigenvalue weighted by Crippen LogP contribution is -2.40. The highest BCUT2D eigenvalue weighted by atomic mass is 16.5. The van der Waals surface area contributed by atoms with Gasteiger partial charge < -0.3 is 19.2 Å². The second kappa shape index (κ2) is 7.01. The Morgan fingerprint density at radius 3 is 2.32 bits per heavy atom. The van der Waals surface area contributed by atoms with Crippen LogP contribution in [0.15, 0.2) is 34.7 Å². The van der Waals surface area contributed by atoms with Crippen LogP contribution in [0.1, 0.15) is 41.3 Å². The molecule has 0 aliphatic heterocycles. The molecule has 1 amide bonds. The van der Waals surface area contributed by atoms with Gasteiger partial charge in [-0.15, -0.1) is 0 Å². The molecule has 0 radical (unpaired) electrons. The van der Waals surface area contributed by atoms with Crippen LogP contribution in [0.3, 0.4) is 0 Å². The summed E-state index contributed by atoms with van der Waals surface area (Å²) in [5, 5.41) is 9.09. The van der Waals surface area contributed by atoms with Gasteiger partial charge in [0.15, 0.2) is 0 Å². The average molecular weight is 345 g/mol. The molecule has 2 rings (SSSR count). The number of aromatic carboxylic acids is 1. The standard InChI is InChI=1S/C19H23NO5/c1-12-16(17(21)22)10-15(25-12)11-20(4)18(23)19(2,3)13-6-8-14(24-5)9-7-13/h6-10H,11H2,1-5H3,(H,21,22). The molecule has 6 heteroatoms. The Kier molecular flexibility index (Phi) is 5.21. The number of methoxy groups -OCH3 is 1. The summed E-state index contributed by atoms with van der Waals surface area (Å²) >= 11 is 0. The molecule has 25 heavy (non-hydrogen) atoms. The molecule has 134 valence electrons. The Bertz CT molecular complexity index is 774. The van der Waals surface area contributed by atoms with E-state index in [1.54, 1.807) is 21.1 Å². The summed E-state index contributed by atoms with van der Waals surface area (Å²) in [6, 6.07) is 8.83. The Hall–Kier alpha value is -2.76. The van der Waals surface area contributed by atoms with Crippen LogP contribution in [0.25, 0.3) is 0 Å². The van der Waals surface area contributed by atoms with Crippen molar-refractivity contribution in [1.82, 2.24) is 4.90 Å². The highest BCUT2D eigenvalue weighted by Gasteiger charge is 2.33. The summed E-state index contributed by atoms with van der Waals surface area (Å²) in [4.78, 5) is 25.5. The molecule has 6 nitrogen and oxygen atoms in total. The number of aryl methyl sites for hydroxylation is 1. The summed E-state index contributed by atoms with van der Waals surface area (Å²) in [6.07, 6.45) is 0. The van der Waals surface area contributed by atoms with Crippen LogP contribution < -0.4 is 4.74 Å². The summed E-state index contributed by atoms with van der Waals surface area (Å²) in [6.45, 7) is 5.50. The molecule has 0 aliphatic carbocycles. The van der Waals surface area contributed by atoms with Crippen molar-refractivity contribution in [3.63, 3.8) is 0 Å². The van der Waals surface area contributed by atoms with Gasteiger partial charge in [-0.3, -0.25) is 4.79 Å². The number of furan rings is 1. The zero-order chi connectivity index (χ0) is 18.8. The van der Waals surface area contributed by atoms with Crippen molar-refractivity contribution in [1.29, 1.82) is 0 Å². The lowest BCUT2D eigenvalue weighted by atomic mass is 9.83. The number of benzene rings is 1. The number of carboxylic acid groups (broad SMARTS) is 1. The number of hydrogen-bond acceptors (Lipinski definition) is 4. The molecule has 1 N–H and O–H groups in total. The number of ether oxygens (including phenoxy) is 1. The van der Waals surface area contributed by atoms with Gasteiger partial charge in [-0.2, -0.15) is 0 Å². The Labute approximate surface area is 147 Å². The molecule has 1 aromatic carbocycles. The third-order valence-corrected chi connectivity index (χ3v) is 4.29. The van der Waals surface area contributed by atoms with E-state index in [4.69, 9.17) is 14.3 Å². The van der Waals surface area contributed by atoms with Gasteiger partial charge in [0.1, 0.15) is 22.8 Å². The number of amides is 1. The molecular weight excluding hydrogens is 322 g/mol. The van der Waals surface area contributed by atoms with Crippen LogP contribution in [0, 0.1) is 6.92 Å². The number of carbonyl (C=O) groups is 2. The quantitative estimate of drug-likeness (QED) is 0.869. The third kappa shape index (κ3) is 3.84. The van der Waals surface area contributed by atoms with Crippen LogP contribution in [0.5, 0.6) is 5.75 Å². The second-order valence-electron chi connectivity index (χ2n) is 6.50. The van der Waals surface area contributed by atoms with Gasteiger partial charge in [0.25, 0.3) is 0 Å². The Morgan fingerprint density at radius 2 is 1.84 bits per heavy atom. The fourth-order valence-electron chi connectivity index (χ4n) is 2.75. The van der Waals surface area contributed by atoms with E-state index in [-0.39, 0.29) is 18.0 Å². The molecule has 0 saturated carbocycles. The van der Waals surface area contributed by atoms with Crippen LogP contribution >= 0.6 is 0 Å². The number of likely N-dealkylation sites (N-methyl/N-ethyl adjacent to an activating group) is 1. The SMILES string of the molecule is COc1ccc(C(C)(C)C(=O)N(C)Cc2cc(C(=O)O)c(C)o2)cc1. The van der Waals surface area contributed by atoms with Gasteiger partial charge >= 0.3 is 5.97 Å². The molecule has 0 aliphatic rings. The van der Waals surface area contributed by atoms with E-state index in [9.17, 15) is 9.59 Å². The van der Waals surface area contributed by atoms with Crippen molar-refractivity contribution in [3.05, 3.63) is 53.0 Å². The predicted octanol–water partition coefficient (Wildman–Crippen LogP) is 3.23. The van der Waals surface area contributed by atoms with Gasteiger partial charge in [-0.1, -0.05) is 12.1 Å². The number of carboxylic acids is 1. The van der Waals surface area contributed by atoms with Crippen molar-refractivity contribution in [2.75, 3.05) is 14.2 Å². The van der Waals surface area contributed by atoms with Gasteiger partial charge in [0, 0.05) is 7.05 Å². The van der Waals surface area contributed by atoms with Crippen molar-refractivity contribution in [2.24, 2.45) is 0 Å². The van der Waals surface area contributed by atoms with E-state index in [0.29, 0.717) is 11.5 Å². The lowest BCUT2D eigenvalue weighted by Gasteiger charge is -2.29. The van der Waals surface area contributed by atoms with Gasteiger partial charge in [0.2, 0.25) is 5.91 Å². The molecule has 1 heterocycles. The van der Waals surface area contributed by atoms with Gasteiger partial charge in [-0.05, 0) is 44.5 Å². The number of nitrogens with zero attached hydrogens (tertiary/aromatic N) is 1. The van der Waals surface area contributed by atoms with Crippen LogP contribution in [0.4, 0.5) is 0 Å². The smallest absolute Gasteiger partial charge is 0.339 e. The monoisotopic (exact) mass is 345 g/mol. The first kappa shape index (κ1) is 18.6. The van der Waals surface area contributed by atoms with Crippen molar-refractivity contribution in [3.8, 4) is 5.75 Å². The molecule has 0 spiro atoms. The first-order valence-corrected chi connectivity index (χ1v) is 7.89. The summed E-state index contributed by atoms with van der Waals surface area (Å²) in [7, 11) is 3.27. The minimum Gasteiger partial charge on any atom is -0.497 e. The zero-order valence-corrected chi connectivity index (χ0v) is 15.1. The summed E-state index contributed by atoms with van der Waals surface area (Å²) in [5.41, 5.74) is 0.246. The number of hydrogen-bond donors (Lipinski definition) is 1. The van der Waals surface area contributed by atoms with Crippen molar-refractivity contribution < 1.29 is 23.8 Å². The topological polar surface area (TPSA) is 80.0 Å². The predicted molar refractivity (Wildman–Crippen MR) is 92.9 cm³/mol. The van der Waals surface area contributed by atoms with E-state index >= 15 is 0 Å². The largest absolute Gasteiger partial charge is 0.497 e. The minimum absolute atomic E-state index is 0.0939. The van der Waals surface area contributed by atoms with Gasteiger partial charge in [-0.25, -0.2) is 4.79 Å². The molecule has 0 fully saturated rings. The molecule has 2 aromatic rings. The van der Waals surface area contributed by atoms with E-state index in [0.717, 1.165) is 11.3 Å². The highest BCUT2D eigenvalue weighted by molar-refractivity contribution is 5.89. The van der Waals surface area contributed by atoms with Crippen LogP contribution in [0.2, 0.25) is 0 Å². The number of carbonyl (C=O) groups excluding carboxylic acids is 1. The third-order valence-electron chi connectivity index (χ3n) is 4.29. The number of rotatable bonds is 6. The first-order valence-electron chi connectivity index (χ1n) is 7.89. The van der Waals surface area contributed by atoms with E-state index in [2.05, 4.69) is 0 Å². The van der Waals surface area contributed by atoms with Crippen LogP contribution in [-0.4, -0.2) is 36.0 Å². The molecule has 0 atom stereocenters. The maximum atomic E-state index is 12.9. The Morgan fingerprint density at radius 1 is 1.24 bits per heavy atom.